The van der Waals surface area contributed by atoms with Gasteiger partial charge in [0.1, 0.15) is 0 Å². The molecule has 0 saturated carbocycles. The standard InChI is InChI=1S/C20H11N5O4/c26-19-12-8-22-18-16(17(23-24-18)10-3-5-21-6-4-10)15(12)20(27)25(19)11-1-2-13-14(7-11)29-9-28-13/h1-8H,9H2,(H,22,23,24). The fourth-order valence-electron chi connectivity index (χ4n) is 3.68. The number of imide groups is 1. The fraction of sp³-hybridized carbons (Fsp3) is 0.0500. The van der Waals surface area contributed by atoms with Crippen molar-refractivity contribution in [1.29, 1.82) is 0 Å². The van der Waals surface area contributed by atoms with Crippen molar-refractivity contribution >= 4 is 28.5 Å². The predicted octanol–water partition coefficient (Wildman–Crippen LogP) is 2.55. The van der Waals surface area contributed by atoms with Crippen LogP contribution in [0.1, 0.15) is 20.7 Å². The monoisotopic (exact) mass is 385 g/mol. The summed E-state index contributed by atoms with van der Waals surface area (Å²) >= 11 is 0. The number of rotatable bonds is 2. The van der Waals surface area contributed by atoms with Crippen LogP contribution in [-0.4, -0.2) is 38.8 Å². The summed E-state index contributed by atoms with van der Waals surface area (Å²) in [7, 11) is 0. The van der Waals surface area contributed by atoms with E-state index in [-0.39, 0.29) is 17.9 Å². The van der Waals surface area contributed by atoms with Gasteiger partial charge in [-0.1, -0.05) is 0 Å². The number of hydrogen-bond donors (Lipinski definition) is 1. The Balaban J connectivity index is 1.54. The van der Waals surface area contributed by atoms with Gasteiger partial charge in [0.05, 0.1) is 27.9 Å². The number of carbonyl (C=O) groups excluding carboxylic acids is 2. The van der Waals surface area contributed by atoms with E-state index >= 15 is 0 Å². The molecule has 0 radical (unpaired) electrons. The Kier molecular flexibility index (Phi) is 3.05. The van der Waals surface area contributed by atoms with Crippen LogP contribution >= 0.6 is 0 Å². The molecular weight excluding hydrogens is 374 g/mol. The molecule has 9 heteroatoms. The van der Waals surface area contributed by atoms with E-state index in [9.17, 15) is 9.59 Å². The molecule has 6 rings (SSSR count). The fourth-order valence-corrected chi connectivity index (χ4v) is 3.68. The van der Waals surface area contributed by atoms with Crippen LogP contribution in [0.3, 0.4) is 0 Å². The minimum Gasteiger partial charge on any atom is -0.454 e. The molecule has 0 atom stereocenters. The van der Waals surface area contributed by atoms with Crippen molar-refractivity contribution in [2.24, 2.45) is 0 Å². The molecule has 0 fully saturated rings. The van der Waals surface area contributed by atoms with E-state index in [1.165, 1.54) is 6.20 Å². The van der Waals surface area contributed by atoms with Crippen LogP contribution in [0.4, 0.5) is 5.69 Å². The molecule has 9 nitrogen and oxygen atoms in total. The van der Waals surface area contributed by atoms with Crippen molar-refractivity contribution in [1.82, 2.24) is 20.2 Å². The molecule has 1 N–H and O–H groups in total. The first-order valence-electron chi connectivity index (χ1n) is 8.78. The van der Waals surface area contributed by atoms with Crippen molar-refractivity contribution in [3.8, 4) is 22.8 Å². The zero-order valence-electron chi connectivity index (χ0n) is 14.7. The third kappa shape index (κ3) is 2.12. The summed E-state index contributed by atoms with van der Waals surface area (Å²) in [5, 5.41) is 7.64. The Morgan fingerprint density at radius 3 is 2.69 bits per heavy atom. The lowest BCUT2D eigenvalue weighted by Crippen LogP contribution is -2.29. The van der Waals surface area contributed by atoms with E-state index in [0.717, 1.165) is 10.5 Å². The number of H-pyrrole nitrogens is 1. The number of ether oxygens (including phenoxy) is 2. The molecule has 0 bridgehead atoms. The number of nitrogens with zero attached hydrogens (tertiary/aromatic N) is 4. The van der Waals surface area contributed by atoms with Gasteiger partial charge in [-0.3, -0.25) is 19.7 Å². The average molecular weight is 385 g/mol. The highest BCUT2D eigenvalue weighted by atomic mass is 16.7. The molecule has 0 spiro atoms. The lowest BCUT2D eigenvalue weighted by molar-refractivity contribution is 0.0926. The Bertz CT molecular complexity index is 1330. The molecule has 4 aromatic rings. The van der Waals surface area contributed by atoms with E-state index in [0.29, 0.717) is 33.9 Å². The molecule has 3 aromatic heterocycles. The number of nitrogens with one attached hydrogen (secondary N) is 1. The van der Waals surface area contributed by atoms with Crippen LogP contribution in [0.25, 0.3) is 22.3 Å². The topological polar surface area (TPSA) is 110 Å². The molecule has 0 saturated heterocycles. The van der Waals surface area contributed by atoms with E-state index in [4.69, 9.17) is 9.47 Å². The highest BCUT2D eigenvalue weighted by Crippen LogP contribution is 2.40. The number of fused-ring (bicyclic) bond motifs is 4. The number of benzene rings is 1. The number of aromatic nitrogens is 4. The largest absolute Gasteiger partial charge is 0.454 e. The summed E-state index contributed by atoms with van der Waals surface area (Å²) in [5.41, 5.74) is 2.68. The van der Waals surface area contributed by atoms with E-state index < -0.39 is 11.8 Å². The van der Waals surface area contributed by atoms with Crippen LogP contribution in [0, 0.1) is 0 Å². The van der Waals surface area contributed by atoms with Gasteiger partial charge in [-0.25, -0.2) is 9.88 Å². The Morgan fingerprint density at radius 2 is 1.83 bits per heavy atom. The number of hydrogen-bond acceptors (Lipinski definition) is 7. The first-order valence-corrected chi connectivity index (χ1v) is 8.78. The number of aromatic amines is 1. The highest BCUT2D eigenvalue weighted by molar-refractivity contribution is 6.38. The quantitative estimate of drug-likeness (QED) is 0.528. The average Bonchev–Trinajstić information content (AvgIpc) is 3.45. The number of pyridine rings is 2. The lowest BCUT2D eigenvalue weighted by atomic mass is 10.0. The van der Waals surface area contributed by atoms with E-state index in [1.54, 1.807) is 42.7 Å². The van der Waals surface area contributed by atoms with Crippen molar-refractivity contribution in [2.45, 2.75) is 0 Å². The predicted molar refractivity (Wildman–Crippen MR) is 101 cm³/mol. The first-order chi connectivity index (χ1) is 14.2. The molecule has 29 heavy (non-hydrogen) atoms. The van der Waals surface area contributed by atoms with Crippen molar-refractivity contribution < 1.29 is 19.1 Å². The zero-order chi connectivity index (χ0) is 19.5. The normalized spacial score (nSPS) is 14.7. The third-order valence-electron chi connectivity index (χ3n) is 5.02. The van der Waals surface area contributed by atoms with Crippen LogP contribution in [0.5, 0.6) is 11.5 Å². The second-order valence-electron chi connectivity index (χ2n) is 6.56. The summed E-state index contributed by atoms with van der Waals surface area (Å²) in [6.45, 7) is 0.107. The van der Waals surface area contributed by atoms with Gasteiger partial charge in [-0.15, -0.1) is 0 Å². The third-order valence-corrected chi connectivity index (χ3v) is 5.02. The summed E-state index contributed by atoms with van der Waals surface area (Å²) < 4.78 is 10.7. The summed E-state index contributed by atoms with van der Waals surface area (Å²) in [4.78, 5) is 35.8. The number of anilines is 1. The van der Waals surface area contributed by atoms with Crippen LogP contribution < -0.4 is 14.4 Å². The van der Waals surface area contributed by atoms with E-state index in [2.05, 4.69) is 20.2 Å². The minimum absolute atomic E-state index is 0.107. The van der Waals surface area contributed by atoms with Gasteiger partial charge in [0.2, 0.25) is 6.79 Å². The lowest BCUT2D eigenvalue weighted by Gasteiger charge is -2.14. The molecular formula is C20H11N5O4. The van der Waals surface area contributed by atoms with Gasteiger partial charge in [-0.05, 0) is 24.3 Å². The molecule has 5 heterocycles. The number of carbonyl (C=O) groups is 2. The second-order valence-corrected chi connectivity index (χ2v) is 6.56. The van der Waals surface area contributed by atoms with Gasteiger partial charge >= 0.3 is 0 Å². The maximum absolute atomic E-state index is 13.4. The molecule has 2 aliphatic heterocycles. The maximum Gasteiger partial charge on any atom is 0.267 e. The SMILES string of the molecule is O=C1c2cnc3n[nH]c(-c4ccncc4)c3c2C(=O)N1c1ccc2c(c1)OCO2. The van der Waals surface area contributed by atoms with E-state index in [1.807, 2.05) is 0 Å². The van der Waals surface area contributed by atoms with Crippen LogP contribution in [0.15, 0.2) is 48.9 Å². The maximum atomic E-state index is 13.4. The zero-order valence-corrected chi connectivity index (χ0v) is 14.7. The molecule has 2 aliphatic rings. The van der Waals surface area contributed by atoms with Crippen LogP contribution in [0.2, 0.25) is 0 Å². The Morgan fingerprint density at radius 1 is 1.00 bits per heavy atom. The Labute approximate surface area is 162 Å². The smallest absolute Gasteiger partial charge is 0.267 e. The number of amides is 2. The summed E-state index contributed by atoms with van der Waals surface area (Å²) in [6, 6.07) is 8.54. The van der Waals surface area contributed by atoms with Gasteiger partial charge < -0.3 is 9.47 Å². The second kappa shape index (κ2) is 5.61. The van der Waals surface area contributed by atoms with Crippen molar-refractivity contribution in [2.75, 3.05) is 11.7 Å². The first kappa shape index (κ1) is 15.8. The Hall–Kier alpha value is -4.27. The minimum atomic E-state index is -0.444. The summed E-state index contributed by atoms with van der Waals surface area (Å²) in [5.74, 6) is 0.181. The molecule has 0 unspecified atom stereocenters. The van der Waals surface area contributed by atoms with Crippen LogP contribution in [-0.2, 0) is 0 Å². The summed E-state index contributed by atoms with van der Waals surface area (Å²) in [6.07, 6.45) is 4.68. The van der Waals surface area contributed by atoms with Gasteiger partial charge in [0, 0.05) is 30.2 Å². The molecule has 1 aromatic carbocycles. The van der Waals surface area contributed by atoms with Gasteiger partial charge in [0.25, 0.3) is 11.8 Å². The van der Waals surface area contributed by atoms with Crippen molar-refractivity contribution in [3.05, 3.63) is 60.0 Å². The van der Waals surface area contributed by atoms with Gasteiger partial charge in [0.15, 0.2) is 17.1 Å². The molecule has 0 aliphatic carbocycles. The molecule has 2 amide bonds. The van der Waals surface area contributed by atoms with Gasteiger partial charge in [-0.2, -0.15) is 5.10 Å². The molecule has 140 valence electrons. The van der Waals surface area contributed by atoms with Crippen molar-refractivity contribution in [3.63, 3.8) is 0 Å². The highest BCUT2D eigenvalue weighted by Gasteiger charge is 2.40.